The highest BCUT2D eigenvalue weighted by molar-refractivity contribution is 5.91. The third kappa shape index (κ3) is 3.97. The van der Waals surface area contributed by atoms with Crippen molar-refractivity contribution in [1.82, 2.24) is 9.55 Å². The number of imidazole rings is 1. The van der Waals surface area contributed by atoms with E-state index in [1.807, 2.05) is 35.8 Å². The second kappa shape index (κ2) is 7.81. The van der Waals surface area contributed by atoms with Crippen LogP contribution in [0.15, 0.2) is 48.8 Å². The molecule has 6 heteroatoms. The number of ether oxygens (including phenoxy) is 1. The quantitative estimate of drug-likeness (QED) is 0.694. The van der Waals surface area contributed by atoms with Gasteiger partial charge in [0.2, 0.25) is 5.91 Å². The van der Waals surface area contributed by atoms with Crippen molar-refractivity contribution in [2.24, 2.45) is 0 Å². The first-order valence-corrected chi connectivity index (χ1v) is 8.27. The third-order valence-corrected chi connectivity index (χ3v) is 3.92. The van der Waals surface area contributed by atoms with E-state index in [-0.39, 0.29) is 12.5 Å². The second-order valence-corrected chi connectivity index (χ2v) is 5.64. The molecule has 0 bridgehead atoms. The van der Waals surface area contributed by atoms with Crippen molar-refractivity contribution in [3.05, 3.63) is 54.4 Å². The second-order valence-electron chi connectivity index (χ2n) is 5.64. The number of aromatic nitrogens is 2. The number of rotatable bonds is 7. The summed E-state index contributed by atoms with van der Waals surface area (Å²) in [6.45, 7) is 2.82. The predicted molar refractivity (Wildman–Crippen MR) is 96.5 cm³/mol. The van der Waals surface area contributed by atoms with Crippen LogP contribution in [-0.2, 0) is 17.9 Å². The molecule has 0 unspecified atom stereocenters. The van der Waals surface area contributed by atoms with Crippen LogP contribution in [0.3, 0.4) is 0 Å². The monoisotopic (exact) mass is 339 g/mol. The molecule has 0 saturated heterocycles. The minimum Gasteiger partial charge on any atom is -0.494 e. The van der Waals surface area contributed by atoms with Gasteiger partial charge in [0, 0.05) is 24.2 Å². The van der Waals surface area contributed by atoms with E-state index in [0.717, 1.165) is 11.0 Å². The van der Waals surface area contributed by atoms with Crippen molar-refractivity contribution in [2.75, 3.05) is 11.9 Å². The molecular formula is C19H21N3O3. The van der Waals surface area contributed by atoms with Crippen LogP contribution in [0.2, 0.25) is 0 Å². The van der Waals surface area contributed by atoms with Crippen LogP contribution in [0.25, 0.3) is 11.0 Å². The minimum absolute atomic E-state index is 0.0918. The Balaban J connectivity index is 1.62. The maximum absolute atomic E-state index is 12.2. The molecule has 0 aliphatic rings. The lowest BCUT2D eigenvalue weighted by Gasteiger charge is -2.11. The number of benzene rings is 2. The Morgan fingerprint density at radius 1 is 1.28 bits per heavy atom. The summed E-state index contributed by atoms with van der Waals surface area (Å²) in [6.07, 6.45) is 2.08. The fourth-order valence-electron chi connectivity index (χ4n) is 2.71. The van der Waals surface area contributed by atoms with Gasteiger partial charge in [0.25, 0.3) is 0 Å². The van der Waals surface area contributed by atoms with Crippen LogP contribution in [0.5, 0.6) is 5.75 Å². The predicted octanol–water partition coefficient (Wildman–Crippen LogP) is 2.96. The summed E-state index contributed by atoms with van der Waals surface area (Å²) in [5.41, 5.74) is 3.23. The number of aryl methyl sites for hydroxylation is 1. The van der Waals surface area contributed by atoms with Crippen LogP contribution < -0.4 is 10.1 Å². The summed E-state index contributed by atoms with van der Waals surface area (Å²) in [5, 5.41) is 12.3. The van der Waals surface area contributed by atoms with E-state index in [2.05, 4.69) is 10.3 Å². The van der Waals surface area contributed by atoms with Gasteiger partial charge in [0.1, 0.15) is 5.75 Å². The number of amides is 1. The molecule has 130 valence electrons. The number of fused-ring (bicyclic) bond motifs is 1. The summed E-state index contributed by atoms with van der Waals surface area (Å²) in [6, 6.07) is 13.1. The van der Waals surface area contributed by atoms with Gasteiger partial charge in [0.15, 0.2) is 0 Å². The molecule has 1 amide bonds. The summed E-state index contributed by atoms with van der Waals surface area (Å²) in [4.78, 5) is 16.5. The topological polar surface area (TPSA) is 76.4 Å². The first-order chi connectivity index (χ1) is 12.2. The zero-order chi connectivity index (χ0) is 17.6. The number of aliphatic hydroxyl groups is 1. The summed E-state index contributed by atoms with van der Waals surface area (Å²) in [5.74, 6) is 0.540. The highest BCUT2D eigenvalue weighted by Gasteiger charge is 2.08. The number of hydrogen-bond donors (Lipinski definition) is 2. The molecule has 0 saturated carbocycles. The minimum atomic E-state index is -0.139. The number of carbonyl (C=O) groups is 1. The normalized spacial score (nSPS) is 10.8. The number of para-hydroxylation sites is 2. The maximum atomic E-state index is 12.2. The molecular weight excluding hydrogens is 318 g/mol. The molecule has 1 heterocycles. The molecule has 3 rings (SSSR count). The fourth-order valence-corrected chi connectivity index (χ4v) is 2.71. The molecule has 25 heavy (non-hydrogen) atoms. The van der Waals surface area contributed by atoms with E-state index in [9.17, 15) is 9.90 Å². The number of anilines is 1. The Morgan fingerprint density at radius 2 is 2.12 bits per heavy atom. The van der Waals surface area contributed by atoms with Gasteiger partial charge in [-0.25, -0.2) is 4.98 Å². The first-order valence-electron chi connectivity index (χ1n) is 8.27. The lowest BCUT2D eigenvalue weighted by atomic mass is 10.2. The molecule has 0 fully saturated rings. The van der Waals surface area contributed by atoms with Gasteiger partial charge in [-0.3, -0.25) is 4.79 Å². The number of nitrogens with zero attached hydrogens (tertiary/aromatic N) is 2. The Morgan fingerprint density at radius 3 is 2.92 bits per heavy atom. The largest absolute Gasteiger partial charge is 0.494 e. The van der Waals surface area contributed by atoms with Crippen molar-refractivity contribution < 1.29 is 14.6 Å². The van der Waals surface area contributed by atoms with E-state index < -0.39 is 0 Å². The van der Waals surface area contributed by atoms with Crippen molar-refractivity contribution in [3.8, 4) is 5.75 Å². The van der Waals surface area contributed by atoms with Crippen molar-refractivity contribution in [1.29, 1.82) is 0 Å². The van der Waals surface area contributed by atoms with Gasteiger partial charge in [0.05, 0.1) is 30.6 Å². The summed E-state index contributed by atoms with van der Waals surface area (Å²) in [7, 11) is 0. The molecule has 0 atom stereocenters. The van der Waals surface area contributed by atoms with Gasteiger partial charge >= 0.3 is 0 Å². The number of nitrogens with one attached hydrogen (secondary N) is 1. The summed E-state index contributed by atoms with van der Waals surface area (Å²) < 4.78 is 7.41. The van der Waals surface area contributed by atoms with Gasteiger partial charge in [-0.05, 0) is 37.3 Å². The van der Waals surface area contributed by atoms with E-state index in [1.165, 1.54) is 0 Å². The van der Waals surface area contributed by atoms with Crippen LogP contribution in [0, 0.1) is 0 Å². The third-order valence-electron chi connectivity index (χ3n) is 3.92. The van der Waals surface area contributed by atoms with Crippen LogP contribution in [0.4, 0.5) is 5.69 Å². The molecule has 0 aliphatic carbocycles. The molecule has 2 N–H and O–H groups in total. The van der Waals surface area contributed by atoms with E-state index in [0.29, 0.717) is 36.6 Å². The molecule has 1 aromatic heterocycles. The Kier molecular flexibility index (Phi) is 5.30. The van der Waals surface area contributed by atoms with Gasteiger partial charge in [-0.1, -0.05) is 12.1 Å². The smallest absolute Gasteiger partial charge is 0.226 e. The molecule has 0 radical (unpaired) electrons. The number of hydrogen-bond acceptors (Lipinski definition) is 4. The number of carbonyl (C=O) groups excluding carboxylic acids is 1. The Labute approximate surface area is 146 Å². The molecule has 6 nitrogen and oxygen atoms in total. The van der Waals surface area contributed by atoms with E-state index >= 15 is 0 Å². The zero-order valence-electron chi connectivity index (χ0n) is 14.1. The van der Waals surface area contributed by atoms with Crippen molar-refractivity contribution >= 4 is 22.6 Å². The first kappa shape index (κ1) is 17.0. The van der Waals surface area contributed by atoms with Crippen LogP contribution >= 0.6 is 0 Å². The van der Waals surface area contributed by atoms with E-state index in [1.54, 1.807) is 24.5 Å². The number of aliphatic hydroxyl groups excluding tert-OH is 1. The average molecular weight is 339 g/mol. The van der Waals surface area contributed by atoms with Gasteiger partial charge in [-0.15, -0.1) is 0 Å². The Bertz CT molecular complexity index is 873. The molecule has 0 spiro atoms. The fraction of sp³-hybridized carbons (Fsp3) is 0.263. The standard InChI is InChI=1S/C19H21N3O3/c1-2-25-18-8-7-15(11-14(18)12-23)21-19(24)9-10-22-13-20-16-5-3-4-6-17(16)22/h3-8,11,13,23H,2,9-10,12H2,1H3,(H,21,24). The average Bonchev–Trinajstić information content (AvgIpc) is 3.04. The highest BCUT2D eigenvalue weighted by atomic mass is 16.5. The van der Waals surface area contributed by atoms with Crippen molar-refractivity contribution in [3.63, 3.8) is 0 Å². The van der Waals surface area contributed by atoms with Crippen LogP contribution in [0.1, 0.15) is 18.9 Å². The van der Waals surface area contributed by atoms with Gasteiger partial charge in [-0.2, -0.15) is 0 Å². The van der Waals surface area contributed by atoms with E-state index in [4.69, 9.17) is 4.74 Å². The maximum Gasteiger partial charge on any atom is 0.226 e. The Hall–Kier alpha value is -2.86. The highest BCUT2D eigenvalue weighted by Crippen LogP contribution is 2.23. The lowest BCUT2D eigenvalue weighted by molar-refractivity contribution is -0.116. The SMILES string of the molecule is CCOc1ccc(NC(=O)CCn2cnc3ccccc32)cc1CO. The van der Waals surface area contributed by atoms with Crippen molar-refractivity contribution in [2.45, 2.75) is 26.5 Å². The van der Waals surface area contributed by atoms with Crippen LogP contribution in [-0.4, -0.2) is 27.2 Å². The molecule has 2 aromatic carbocycles. The molecule has 3 aromatic rings. The zero-order valence-corrected chi connectivity index (χ0v) is 14.1. The summed E-state index contributed by atoms with van der Waals surface area (Å²) >= 11 is 0. The lowest BCUT2D eigenvalue weighted by Crippen LogP contribution is -2.14. The van der Waals surface area contributed by atoms with Gasteiger partial charge < -0.3 is 19.7 Å². The molecule has 0 aliphatic heterocycles.